The Morgan fingerprint density at radius 1 is 0.920 bits per heavy atom. The van der Waals surface area contributed by atoms with E-state index >= 15 is 0 Å². The lowest BCUT2D eigenvalue weighted by Crippen LogP contribution is -2.07. The fraction of sp³-hybridized carbons (Fsp3) is 0.118. The summed E-state index contributed by atoms with van der Waals surface area (Å²) in [6.07, 6.45) is 1.19. The van der Waals surface area contributed by atoms with Crippen molar-refractivity contribution >= 4 is 0 Å². The van der Waals surface area contributed by atoms with Gasteiger partial charge in [0.25, 0.3) is 0 Å². The minimum Gasteiger partial charge on any atom is -0.496 e. The van der Waals surface area contributed by atoms with Gasteiger partial charge in [-0.3, -0.25) is 4.98 Å². The second kappa shape index (κ2) is 6.76. The lowest BCUT2D eigenvalue weighted by molar-refractivity contribution is -0.141. The second-order valence-corrected chi connectivity index (χ2v) is 4.91. The van der Waals surface area contributed by atoms with Crippen molar-refractivity contribution < 1.29 is 22.6 Å². The van der Waals surface area contributed by atoms with Crippen molar-refractivity contribution in [2.24, 2.45) is 0 Å². The van der Waals surface area contributed by atoms with Gasteiger partial charge in [0.15, 0.2) is 0 Å². The summed E-state index contributed by atoms with van der Waals surface area (Å²) in [4.78, 5) is 11.6. The van der Waals surface area contributed by atoms with Crippen molar-refractivity contribution in [2.45, 2.75) is 6.18 Å². The molecule has 3 aromatic rings. The van der Waals surface area contributed by atoms with Gasteiger partial charge in [0, 0.05) is 29.7 Å². The topological polar surface area (TPSA) is 57.1 Å². The molecule has 8 heteroatoms. The average Bonchev–Trinajstić information content (AvgIpc) is 2.62. The van der Waals surface area contributed by atoms with E-state index in [1.807, 2.05) is 0 Å². The number of nitrogens with zero attached hydrogens (tertiary/aromatic N) is 3. The molecule has 0 aromatic carbocycles. The molecule has 0 amide bonds. The number of halogens is 3. The summed E-state index contributed by atoms with van der Waals surface area (Å²) in [6.45, 7) is 0. The molecule has 3 rings (SSSR count). The van der Waals surface area contributed by atoms with Crippen LogP contribution in [0.25, 0.3) is 11.1 Å². The van der Waals surface area contributed by atoms with Crippen LogP contribution in [0, 0.1) is 0 Å². The highest BCUT2D eigenvalue weighted by Gasteiger charge is 2.32. The lowest BCUT2D eigenvalue weighted by Gasteiger charge is -2.12. The van der Waals surface area contributed by atoms with Crippen LogP contribution in [-0.4, -0.2) is 22.1 Å². The van der Waals surface area contributed by atoms with Gasteiger partial charge in [0.05, 0.1) is 13.3 Å². The zero-order chi connectivity index (χ0) is 17.9. The molecule has 0 saturated heterocycles. The number of pyridine rings is 3. The summed E-state index contributed by atoms with van der Waals surface area (Å²) in [5.41, 5.74) is 0.246. The van der Waals surface area contributed by atoms with Gasteiger partial charge < -0.3 is 9.47 Å². The van der Waals surface area contributed by atoms with E-state index in [2.05, 4.69) is 15.0 Å². The maximum Gasteiger partial charge on any atom is 0.433 e. The predicted octanol–water partition coefficient (Wildman–Crippen LogP) is 4.36. The number of rotatable bonds is 4. The van der Waals surface area contributed by atoms with E-state index in [-0.39, 0.29) is 11.6 Å². The van der Waals surface area contributed by atoms with Crippen LogP contribution in [0.15, 0.2) is 55.1 Å². The van der Waals surface area contributed by atoms with Gasteiger partial charge in [-0.05, 0) is 30.3 Å². The van der Waals surface area contributed by atoms with Gasteiger partial charge in [-0.2, -0.15) is 13.2 Å². The Labute approximate surface area is 141 Å². The highest BCUT2D eigenvalue weighted by molar-refractivity contribution is 5.73. The zero-order valence-corrected chi connectivity index (χ0v) is 13.0. The monoisotopic (exact) mass is 347 g/mol. The molecule has 0 aliphatic rings. The number of methoxy groups -OCH3 is 1. The first kappa shape index (κ1) is 16.7. The molecule has 5 nitrogen and oxygen atoms in total. The molecule has 3 aromatic heterocycles. The average molecular weight is 347 g/mol. The van der Waals surface area contributed by atoms with Gasteiger partial charge in [-0.25, -0.2) is 9.97 Å². The third-order valence-corrected chi connectivity index (χ3v) is 3.30. The normalized spacial score (nSPS) is 11.2. The minimum atomic E-state index is -4.50. The Morgan fingerprint density at radius 3 is 2.44 bits per heavy atom. The number of hydrogen-bond acceptors (Lipinski definition) is 5. The Balaban J connectivity index is 1.94. The molecule has 0 unspecified atom stereocenters. The summed E-state index contributed by atoms with van der Waals surface area (Å²) < 4.78 is 48.6. The van der Waals surface area contributed by atoms with Gasteiger partial charge in [0.2, 0.25) is 5.88 Å². The number of ether oxygens (including phenoxy) is 2. The fourth-order valence-corrected chi connectivity index (χ4v) is 2.16. The van der Waals surface area contributed by atoms with E-state index in [1.165, 1.54) is 19.4 Å². The van der Waals surface area contributed by atoms with Crippen LogP contribution in [0.5, 0.6) is 17.4 Å². The summed E-state index contributed by atoms with van der Waals surface area (Å²) in [7, 11) is 1.52. The first-order chi connectivity index (χ1) is 12.0. The van der Waals surface area contributed by atoms with Gasteiger partial charge >= 0.3 is 6.18 Å². The minimum absolute atomic E-state index is 0.135. The molecule has 0 aliphatic carbocycles. The summed E-state index contributed by atoms with van der Waals surface area (Å²) >= 11 is 0. The van der Waals surface area contributed by atoms with E-state index < -0.39 is 11.9 Å². The van der Waals surface area contributed by atoms with Crippen molar-refractivity contribution in [2.75, 3.05) is 7.11 Å². The molecule has 0 N–H and O–H groups in total. The fourth-order valence-electron chi connectivity index (χ4n) is 2.16. The SMILES string of the molecule is COc1ccncc1-c1cccnc1Oc1ccc(C(F)(F)F)nc1. The maximum atomic E-state index is 12.6. The highest BCUT2D eigenvalue weighted by Crippen LogP contribution is 2.36. The molecule has 0 radical (unpaired) electrons. The van der Waals surface area contributed by atoms with E-state index in [4.69, 9.17) is 9.47 Å². The number of hydrogen-bond donors (Lipinski definition) is 0. The van der Waals surface area contributed by atoms with Crippen LogP contribution in [0.2, 0.25) is 0 Å². The summed E-state index contributed by atoms with van der Waals surface area (Å²) in [6, 6.07) is 7.18. The Bertz CT molecular complexity index is 868. The Morgan fingerprint density at radius 2 is 1.76 bits per heavy atom. The molecule has 0 spiro atoms. The lowest BCUT2D eigenvalue weighted by atomic mass is 10.1. The van der Waals surface area contributed by atoms with Crippen LogP contribution in [0.1, 0.15) is 5.69 Å². The molecule has 0 atom stereocenters. The van der Waals surface area contributed by atoms with Crippen LogP contribution in [0.4, 0.5) is 13.2 Å². The Hall–Kier alpha value is -3.16. The molecular formula is C17H12F3N3O2. The standard InChI is InChI=1S/C17H12F3N3O2/c1-24-14-6-8-21-10-13(14)12-3-2-7-22-16(12)25-11-4-5-15(23-9-11)17(18,19)20/h2-10H,1H3. The van der Waals surface area contributed by atoms with E-state index in [9.17, 15) is 13.2 Å². The largest absolute Gasteiger partial charge is 0.496 e. The van der Waals surface area contributed by atoms with Crippen LogP contribution in [-0.2, 0) is 6.18 Å². The molecule has 3 heterocycles. The smallest absolute Gasteiger partial charge is 0.433 e. The summed E-state index contributed by atoms with van der Waals surface area (Å²) in [5, 5.41) is 0. The maximum absolute atomic E-state index is 12.6. The van der Waals surface area contributed by atoms with Crippen molar-refractivity contribution in [3.05, 3.63) is 60.8 Å². The molecule has 0 bridgehead atoms. The molecular weight excluding hydrogens is 335 g/mol. The van der Waals surface area contributed by atoms with Gasteiger partial charge in [0.1, 0.15) is 17.2 Å². The van der Waals surface area contributed by atoms with E-state index in [1.54, 1.807) is 30.6 Å². The van der Waals surface area contributed by atoms with Crippen molar-refractivity contribution in [3.8, 4) is 28.5 Å². The third-order valence-electron chi connectivity index (χ3n) is 3.30. The van der Waals surface area contributed by atoms with Crippen LogP contribution < -0.4 is 9.47 Å². The van der Waals surface area contributed by atoms with Gasteiger partial charge in [-0.1, -0.05) is 0 Å². The van der Waals surface area contributed by atoms with Crippen LogP contribution in [0.3, 0.4) is 0 Å². The third kappa shape index (κ3) is 3.68. The molecule has 25 heavy (non-hydrogen) atoms. The van der Waals surface area contributed by atoms with Gasteiger partial charge in [-0.15, -0.1) is 0 Å². The number of aromatic nitrogens is 3. The molecule has 0 aliphatic heterocycles. The molecule has 128 valence electrons. The molecule has 0 fully saturated rings. The quantitative estimate of drug-likeness (QED) is 0.702. The van der Waals surface area contributed by atoms with E-state index in [0.717, 1.165) is 12.3 Å². The van der Waals surface area contributed by atoms with Crippen molar-refractivity contribution in [1.29, 1.82) is 0 Å². The zero-order valence-electron chi connectivity index (χ0n) is 13.0. The first-order valence-corrected chi connectivity index (χ1v) is 7.13. The van der Waals surface area contributed by atoms with Crippen molar-refractivity contribution in [3.63, 3.8) is 0 Å². The second-order valence-electron chi connectivity index (χ2n) is 4.91. The summed E-state index contributed by atoms with van der Waals surface area (Å²) in [5.74, 6) is 0.907. The predicted molar refractivity (Wildman–Crippen MR) is 83.3 cm³/mol. The highest BCUT2D eigenvalue weighted by atomic mass is 19.4. The first-order valence-electron chi connectivity index (χ1n) is 7.13. The number of alkyl halides is 3. The van der Waals surface area contributed by atoms with Crippen molar-refractivity contribution in [1.82, 2.24) is 15.0 Å². The van der Waals surface area contributed by atoms with Crippen LogP contribution >= 0.6 is 0 Å². The van der Waals surface area contributed by atoms with E-state index in [0.29, 0.717) is 16.9 Å². The molecule has 0 saturated carbocycles. The Kier molecular flexibility index (Phi) is 4.51.